The van der Waals surface area contributed by atoms with Gasteiger partial charge in [-0.05, 0) is 35.4 Å². The van der Waals surface area contributed by atoms with Gasteiger partial charge in [-0.1, -0.05) is 64.9 Å². The summed E-state index contributed by atoms with van der Waals surface area (Å²) in [6.07, 6.45) is 1.93. The highest BCUT2D eigenvalue weighted by Crippen LogP contribution is 2.17. The van der Waals surface area contributed by atoms with Crippen LogP contribution < -0.4 is 15.7 Å². The Hall–Kier alpha value is -2.54. The summed E-state index contributed by atoms with van der Waals surface area (Å²) in [6.45, 7) is 0. The van der Waals surface area contributed by atoms with Crippen LogP contribution in [-0.4, -0.2) is 14.6 Å². The monoisotopic (exact) mass is 415 g/mol. The molecule has 0 spiro atoms. The predicted octanol–water partition coefficient (Wildman–Crippen LogP) is 2.96. The Morgan fingerprint density at radius 1 is 1.04 bits per heavy atom. The fourth-order valence-electron chi connectivity index (χ4n) is 2.58. The van der Waals surface area contributed by atoms with E-state index in [0.29, 0.717) is 14.6 Å². The summed E-state index contributed by atoms with van der Waals surface area (Å²) in [4.78, 5) is 29.3. The zero-order valence-electron chi connectivity index (χ0n) is 13.7. The summed E-state index contributed by atoms with van der Waals surface area (Å²) >= 11 is 13.1. The van der Waals surface area contributed by atoms with Crippen LogP contribution >= 0.6 is 34.5 Å². The highest BCUT2D eigenvalue weighted by molar-refractivity contribution is 7.15. The maximum atomic E-state index is 12.7. The molecule has 2 heterocycles. The van der Waals surface area contributed by atoms with E-state index in [0.717, 1.165) is 22.5 Å². The van der Waals surface area contributed by atoms with E-state index in [1.54, 1.807) is 42.5 Å². The van der Waals surface area contributed by atoms with Gasteiger partial charge in [0.05, 0.1) is 4.53 Å². The average Bonchev–Trinajstić information content (AvgIpc) is 2.94. The van der Waals surface area contributed by atoms with Gasteiger partial charge in [-0.2, -0.15) is 14.6 Å². The molecule has 0 amide bonds. The molecule has 2 aromatic carbocycles. The summed E-state index contributed by atoms with van der Waals surface area (Å²) in [7, 11) is 0. The Bertz CT molecular complexity index is 1310. The minimum absolute atomic E-state index is 0.175. The first-order chi connectivity index (χ1) is 13.0. The number of thiazole rings is 1. The van der Waals surface area contributed by atoms with Crippen LogP contribution in [0.25, 0.3) is 11.0 Å². The third kappa shape index (κ3) is 3.64. The zero-order chi connectivity index (χ0) is 19.0. The molecule has 8 heteroatoms. The second-order valence-electron chi connectivity index (χ2n) is 5.79. The molecule has 0 fully saturated rings. The van der Waals surface area contributed by atoms with Gasteiger partial charge in [-0.25, -0.2) is 0 Å². The fourth-order valence-corrected chi connectivity index (χ4v) is 3.82. The molecular formula is C19H11Cl2N3O2S. The topological polar surface area (TPSA) is 64.3 Å². The number of fused-ring (bicyclic) bond motifs is 1. The Labute approximate surface area is 167 Å². The molecule has 27 heavy (non-hydrogen) atoms. The number of aromatic nitrogens is 3. The number of hydrogen-bond donors (Lipinski definition) is 0. The predicted molar refractivity (Wildman–Crippen MR) is 108 cm³/mol. The highest BCUT2D eigenvalue weighted by Gasteiger charge is 2.12. The molecule has 0 atom stereocenters. The van der Waals surface area contributed by atoms with Crippen LogP contribution in [0, 0.1) is 0 Å². The van der Waals surface area contributed by atoms with Gasteiger partial charge in [0.2, 0.25) is 4.96 Å². The van der Waals surface area contributed by atoms with Crippen molar-refractivity contribution >= 4 is 45.6 Å². The van der Waals surface area contributed by atoms with Crippen molar-refractivity contribution in [1.29, 1.82) is 0 Å². The first-order valence-electron chi connectivity index (χ1n) is 7.95. The minimum Gasteiger partial charge on any atom is -0.266 e. The van der Waals surface area contributed by atoms with E-state index in [1.807, 2.05) is 12.1 Å². The first kappa shape index (κ1) is 17.9. The van der Waals surface area contributed by atoms with Crippen molar-refractivity contribution in [2.45, 2.75) is 6.42 Å². The molecule has 2 aromatic heterocycles. The van der Waals surface area contributed by atoms with Gasteiger partial charge in [0.1, 0.15) is 5.69 Å². The van der Waals surface area contributed by atoms with E-state index in [2.05, 4.69) is 10.1 Å². The number of hydrogen-bond acceptors (Lipinski definition) is 5. The van der Waals surface area contributed by atoms with E-state index in [4.69, 9.17) is 23.2 Å². The number of nitrogens with zero attached hydrogens (tertiary/aromatic N) is 3. The lowest BCUT2D eigenvalue weighted by molar-refractivity contribution is 0.811. The number of rotatable bonds is 3. The van der Waals surface area contributed by atoms with E-state index in [-0.39, 0.29) is 22.6 Å². The highest BCUT2D eigenvalue weighted by atomic mass is 35.5. The standard InChI is InChI=1S/C19H11Cl2N3O2S/c20-13-7-5-11(6-8-13)9-16-18(26)24-19(27-16)22-17(25)15(23-24)10-12-3-1-2-4-14(12)21/h1-9H,10H2. The molecule has 4 rings (SSSR count). The second-order valence-corrected chi connectivity index (χ2v) is 7.65. The second kappa shape index (κ2) is 7.23. The van der Waals surface area contributed by atoms with Crippen molar-refractivity contribution in [1.82, 2.24) is 14.6 Å². The molecular weight excluding hydrogens is 405 g/mol. The SMILES string of the molecule is O=c1nc2sc(=Cc3ccc(Cl)cc3)c(=O)n2nc1Cc1ccccc1Cl. The average molecular weight is 416 g/mol. The maximum Gasteiger partial charge on any atom is 0.296 e. The van der Waals surface area contributed by atoms with Crippen molar-refractivity contribution in [3.8, 4) is 0 Å². The summed E-state index contributed by atoms with van der Waals surface area (Å²) in [6, 6.07) is 14.3. The largest absolute Gasteiger partial charge is 0.296 e. The maximum absolute atomic E-state index is 12.7. The summed E-state index contributed by atoms with van der Waals surface area (Å²) in [5, 5.41) is 5.38. The molecule has 5 nitrogen and oxygen atoms in total. The molecule has 0 bridgehead atoms. The van der Waals surface area contributed by atoms with Gasteiger partial charge >= 0.3 is 0 Å². The quantitative estimate of drug-likeness (QED) is 0.515. The van der Waals surface area contributed by atoms with Gasteiger partial charge in [0.25, 0.3) is 11.1 Å². The van der Waals surface area contributed by atoms with E-state index in [9.17, 15) is 9.59 Å². The summed E-state index contributed by atoms with van der Waals surface area (Å²) in [5.41, 5.74) is 0.962. The molecule has 0 aliphatic heterocycles. The smallest absolute Gasteiger partial charge is 0.266 e. The molecule has 0 aliphatic carbocycles. The summed E-state index contributed by atoms with van der Waals surface area (Å²) < 4.78 is 1.60. The molecule has 4 aromatic rings. The minimum atomic E-state index is -0.464. The van der Waals surface area contributed by atoms with Gasteiger partial charge in [0.15, 0.2) is 0 Å². The van der Waals surface area contributed by atoms with Gasteiger partial charge in [-0.3, -0.25) is 9.59 Å². The zero-order valence-corrected chi connectivity index (χ0v) is 16.1. The van der Waals surface area contributed by atoms with Crippen LogP contribution in [-0.2, 0) is 6.42 Å². The van der Waals surface area contributed by atoms with Crippen LogP contribution in [0.1, 0.15) is 16.8 Å². The van der Waals surface area contributed by atoms with E-state index >= 15 is 0 Å². The third-order valence-corrected chi connectivity index (χ3v) is 5.51. The number of halogens is 2. The number of benzene rings is 2. The summed E-state index contributed by atoms with van der Waals surface area (Å²) in [5.74, 6) is 0. The lowest BCUT2D eigenvalue weighted by Crippen LogP contribution is -2.28. The first-order valence-corrected chi connectivity index (χ1v) is 9.52. The van der Waals surface area contributed by atoms with Crippen molar-refractivity contribution in [3.05, 3.63) is 101 Å². The Morgan fingerprint density at radius 3 is 2.52 bits per heavy atom. The Morgan fingerprint density at radius 2 is 1.78 bits per heavy atom. The van der Waals surface area contributed by atoms with Crippen molar-refractivity contribution in [3.63, 3.8) is 0 Å². The van der Waals surface area contributed by atoms with Crippen LogP contribution in [0.4, 0.5) is 0 Å². The normalized spacial score (nSPS) is 12.0. The fraction of sp³-hybridized carbons (Fsp3) is 0.0526. The Kier molecular flexibility index (Phi) is 4.78. The van der Waals surface area contributed by atoms with Crippen molar-refractivity contribution < 1.29 is 0 Å². The molecule has 0 saturated carbocycles. The van der Waals surface area contributed by atoms with Crippen LogP contribution in [0.5, 0.6) is 0 Å². The van der Waals surface area contributed by atoms with Crippen LogP contribution in [0.2, 0.25) is 10.0 Å². The van der Waals surface area contributed by atoms with Gasteiger partial charge < -0.3 is 0 Å². The molecule has 0 N–H and O–H groups in total. The van der Waals surface area contributed by atoms with Gasteiger partial charge in [0, 0.05) is 16.5 Å². The molecule has 0 unspecified atom stereocenters. The van der Waals surface area contributed by atoms with Gasteiger partial charge in [-0.15, -0.1) is 0 Å². The van der Waals surface area contributed by atoms with Crippen molar-refractivity contribution in [2.75, 3.05) is 0 Å². The molecule has 0 aliphatic rings. The lowest BCUT2D eigenvalue weighted by atomic mass is 10.1. The van der Waals surface area contributed by atoms with Crippen LogP contribution in [0.15, 0.2) is 58.1 Å². The molecule has 0 radical (unpaired) electrons. The third-order valence-electron chi connectivity index (χ3n) is 3.93. The molecule has 134 valence electrons. The van der Waals surface area contributed by atoms with E-state index < -0.39 is 5.56 Å². The van der Waals surface area contributed by atoms with E-state index in [1.165, 1.54) is 4.52 Å². The Balaban J connectivity index is 1.82. The van der Waals surface area contributed by atoms with Crippen LogP contribution in [0.3, 0.4) is 0 Å². The lowest BCUT2D eigenvalue weighted by Gasteiger charge is -2.02. The van der Waals surface area contributed by atoms with Crippen molar-refractivity contribution in [2.24, 2.45) is 0 Å². The molecule has 0 saturated heterocycles.